The number of anilines is 2. The second-order valence-electron chi connectivity index (χ2n) is 6.57. The SMILES string of the molecule is CC(C)Oc1nc(Nc2cc(C(F)(F)F)ccn2)cc(C2CCOCC2)n1. The number of aromatic nitrogens is 3. The van der Waals surface area contributed by atoms with Crippen molar-refractivity contribution in [3.05, 3.63) is 35.7 Å². The van der Waals surface area contributed by atoms with Crippen LogP contribution < -0.4 is 10.1 Å². The molecule has 1 aliphatic rings. The van der Waals surface area contributed by atoms with Crippen LogP contribution in [-0.2, 0) is 10.9 Å². The Bertz CT molecular complexity index is 777. The Balaban J connectivity index is 1.89. The van der Waals surface area contributed by atoms with Gasteiger partial charge in [0.05, 0.1) is 17.4 Å². The fourth-order valence-electron chi connectivity index (χ4n) is 2.78. The van der Waals surface area contributed by atoms with Crippen molar-refractivity contribution >= 4 is 11.6 Å². The van der Waals surface area contributed by atoms with Gasteiger partial charge in [0.15, 0.2) is 0 Å². The molecule has 0 radical (unpaired) electrons. The lowest BCUT2D eigenvalue weighted by Gasteiger charge is -2.22. The van der Waals surface area contributed by atoms with Crippen LogP contribution >= 0.6 is 0 Å². The van der Waals surface area contributed by atoms with Crippen LogP contribution in [0, 0.1) is 0 Å². The first kappa shape index (κ1) is 19.3. The summed E-state index contributed by atoms with van der Waals surface area (Å²) in [6.07, 6.45) is -1.82. The van der Waals surface area contributed by atoms with Crippen LogP contribution in [0.3, 0.4) is 0 Å². The third-order valence-corrected chi connectivity index (χ3v) is 4.05. The molecule has 6 nitrogen and oxygen atoms in total. The summed E-state index contributed by atoms with van der Waals surface area (Å²) >= 11 is 0. The molecular formula is C18H21F3N4O2. The van der Waals surface area contributed by atoms with Crippen molar-refractivity contribution in [1.82, 2.24) is 15.0 Å². The second kappa shape index (κ2) is 8.08. The van der Waals surface area contributed by atoms with Gasteiger partial charge in [-0.05, 0) is 38.8 Å². The number of pyridine rings is 1. The lowest BCUT2D eigenvalue weighted by atomic mass is 9.96. The molecule has 3 rings (SSSR count). The van der Waals surface area contributed by atoms with Crippen molar-refractivity contribution in [2.45, 2.75) is 44.9 Å². The summed E-state index contributed by atoms with van der Waals surface area (Å²) in [6.45, 7) is 5.00. The van der Waals surface area contributed by atoms with Gasteiger partial charge in [-0.3, -0.25) is 0 Å². The molecule has 27 heavy (non-hydrogen) atoms. The molecule has 0 aliphatic carbocycles. The van der Waals surface area contributed by atoms with Gasteiger partial charge in [0.25, 0.3) is 0 Å². The van der Waals surface area contributed by atoms with E-state index in [0.29, 0.717) is 19.0 Å². The van der Waals surface area contributed by atoms with Crippen LogP contribution in [0.1, 0.15) is 43.9 Å². The summed E-state index contributed by atoms with van der Waals surface area (Å²) in [7, 11) is 0. The molecule has 146 valence electrons. The molecule has 1 aliphatic heterocycles. The number of hydrogen-bond donors (Lipinski definition) is 1. The number of hydrogen-bond acceptors (Lipinski definition) is 6. The molecule has 2 aromatic rings. The monoisotopic (exact) mass is 382 g/mol. The highest BCUT2D eigenvalue weighted by atomic mass is 19.4. The van der Waals surface area contributed by atoms with Crippen LogP contribution in [0.2, 0.25) is 0 Å². The van der Waals surface area contributed by atoms with Crippen LogP contribution in [-0.4, -0.2) is 34.3 Å². The van der Waals surface area contributed by atoms with E-state index in [1.807, 2.05) is 13.8 Å². The Morgan fingerprint density at radius 3 is 2.56 bits per heavy atom. The quantitative estimate of drug-likeness (QED) is 0.831. The number of alkyl halides is 3. The summed E-state index contributed by atoms with van der Waals surface area (Å²) < 4.78 is 49.7. The zero-order valence-corrected chi connectivity index (χ0v) is 15.1. The van der Waals surface area contributed by atoms with Crippen LogP contribution in [0.25, 0.3) is 0 Å². The van der Waals surface area contributed by atoms with Gasteiger partial charge >= 0.3 is 12.2 Å². The van der Waals surface area contributed by atoms with Gasteiger partial charge in [-0.2, -0.15) is 23.1 Å². The van der Waals surface area contributed by atoms with Crippen molar-refractivity contribution in [2.24, 2.45) is 0 Å². The predicted octanol–water partition coefficient (Wildman–Crippen LogP) is 4.32. The Morgan fingerprint density at radius 2 is 1.89 bits per heavy atom. The van der Waals surface area contributed by atoms with E-state index in [4.69, 9.17) is 9.47 Å². The van der Waals surface area contributed by atoms with Crippen molar-refractivity contribution in [2.75, 3.05) is 18.5 Å². The molecule has 0 atom stereocenters. The van der Waals surface area contributed by atoms with E-state index in [1.165, 1.54) is 0 Å². The Labute approximate surface area is 155 Å². The summed E-state index contributed by atoms with van der Waals surface area (Å²) in [5, 5.41) is 2.84. The fourth-order valence-corrected chi connectivity index (χ4v) is 2.78. The van der Waals surface area contributed by atoms with E-state index in [-0.39, 0.29) is 23.9 Å². The van der Waals surface area contributed by atoms with E-state index in [2.05, 4.69) is 20.3 Å². The molecule has 3 heterocycles. The molecule has 0 aromatic carbocycles. The average Bonchev–Trinajstić information content (AvgIpc) is 2.61. The number of halogens is 3. The summed E-state index contributed by atoms with van der Waals surface area (Å²) in [5.74, 6) is 0.581. The third kappa shape index (κ3) is 5.29. The van der Waals surface area contributed by atoms with Crippen LogP contribution in [0.4, 0.5) is 24.8 Å². The van der Waals surface area contributed by atoms with Gasteiger partial charge < -0.3 is 14.8 Å². The van der Waals surface area contributed by atoms with Gasteiger partial charge in [0, 0.05) is 31.4 Å². The molecule has 0 amide bonds. The summed E-state index contributed by atoms with van der Waals surface area (Å²) in [5.41, 5.74) is -0.00390. The molecule has 2 aromatic heterocycles. The van der Waals surface area contributed by atoms with E-state index >= 15 is 0 Å². The van der Waals surface area contributed by atoms with E-state index in [1.54, 1.807) is 6.07 Å². The fraction of sp³-hybridized carbons (Fsp3) is 0.500. The molecule has 9 heteroatoms. The lowest BCUT2D eigenvalue weighted by molar-refractivity contribution is -0.137. The minimum atomic E-state index is -4.44. The van der Waals surface area contributed by atoms with E-state index < -0.39 is 11.7 Å². The first-order chi connectivity index (χ1) is 12.8. The maximum absolute atomic E-state index is 12.9. The summed E-state index contributed by atoms with van der Waals surface area (Å²) in [4.78, 5) is 12.7. The zero-order valence-electron chi connectivity index (χ0n) is 15.1. The normalized spacial score (nSPS) is 15.8. The van der Waals surface area contributed by atoms with E-state index in [9.17, 15) is 13.2 Å². The Morgan fingerprint density at radius 1 is 1.15 bits per heavy atom. The molecular weight excluding hydrogens is 361 g/mol. The minimum Gasteiger partial charge on any atom is -0.461 e. The van der Waals surface area contributed by atoms with Crippen molar-refractivity contribution in [3.63, 3.8) is 0 Å². The highest BCUT2D eigenvalue weighted by Gasteiger charge is 2.30. The number of rotatable bonds is 5. The Kier molecular flexibility index (Phi) is 5.79. The lowest BCUT2D eigenvalue weighted by Crippen LogP contribution is -2.17. The number of nitrogens with one attached hydrogen (secondary N) is 1. The first-order valence-electron chi connectivity index (χ1n) is 8.75. The van der Waals surface area contributed by atoms with Gasteiger partial charge in [-0.15, -0.1) is 0 Å². The molecule has 1 saturated heterocycles. The van der Waals surface area contributed by atoms with Gasteiger partial charge in [0.2, 0.25) is 0 Å². The topological polar surface area (TPSA) is 69.2 Å². The molecule has 1 N–H and O–H groups in total. The molecule has 0 bridgehead atoms. The third-order valence-electron chi connectivity index (χ3n) is 4.05. The van der Waals surface area contributed by atoms with Gasteiger partial charge in [-0.1, -0.05) is 0 Å². The molecule has 0 spiro atoms. The van der Waals surface area contributed by atoms with Crippen LogP contribution in [0.5, 0.6) is 6.01 Å². The molecule has 0 saturated carbocycles. The second-order valence-corrected chi connectivity index (χ2v) is 6.57. The minimum absolute atomic E-state index is 0.0527. The van der Waals surface area contributed by atoms with Crippen molar-refractivity contribution in [1.29, 1.82) is 0 Å². The van der Waals surface area contributed by atoms with Crippen molar-refractivity contribution in [3.8, 4) is 6.01 Å². The largest absolute Gasteiger partial charge is 0.461 e. The zero-order chi connectivity index (χ0) is 19.4. The maximum Gasteiger partial charge on any atom is 0.416 e. The maximum atomic E-state index is 12.9. The summed E-state index contributed by atoms with van der Waals surface area (Å²) in [6, 6.07) is 3.78. The van der Waals surface area contributed by atoms with E-state index in [0.717, 1.165) is 36.9 Å². The standard InChI is InChI=1S/C18H21F3N4O2/c1-11(2)27-17-23-14(12-4-7-26-8-5-12)10-16(25-17)24-15-9-13(3-6-22-15)18(19,20)21/h3,6,9-12H,4-5,7-8H2,1-2H3,(H,22,23,24,25). The molecule has 0 unspecified atom stereocenters. The van der Waals surface area contributed by atoms with Gasteiger partial charge in [0.1, 0.15) is 11.6 Å². The highest BCUT2D eigenvalue weighted by Crippen LogP contribution is 2.32. The van der Waals surface area contributed by atoms with Crippen LogP contribution in [0.15, 0.2) is 24.4 Å². The first-order valence-corrected chi connectivity index (χ1v) is 8.75. The number of nitrogens with zero attached hydrogens (tertiary/aromatic N) is 3. The van der Waals surface area contributed by atoms with Crippen molar-refractivity contribution < 1.29 is 22.6 Å². The highest BCUT2D eigenvalue weighted by molar-refractivity contribution is 5.53. The number of ether oxygens (including phenoxy) is 2. The predicted molar refractivity (Wildman–Crippen MR) is 93.1 cm³/mol. The smallest absolute Gasteiger partial charge is 0.416 e. The van der Waals surface area contributed by atoms with Gasteiger partial charge in [-0.25, -0.2) is 4.98 Å². The Hall–Kier alpha value is -2.42. The molecule has 1 fully saturated rings. The average molecular weight is 382 g/mol.